The van der Waals surface area contributed by atoms with E-state index in [4.69, 9.17) is 0 Å². The number of hydrogen-bond acceptors (Lipinski definition) is 2. The van der Waals surface area contributed by atoms with Crippen LogP contribution in [0.25, 0.3) is 0 Å². The maximum Gasteiger partial charge on any atom is 0.159 e. The van der Waals surface area contributed by atoms with Gasteiger partial charge in [-0.3, -0.25) is 0 Å². The van der Waals surface area contributed by atoms with E-state index < -0.39 is 11.6 Å². The Bertz CT molecular complexity index is 318. The Labute approximate surface area is 99.6 Å². The van der Waals surface area contributed by atoms with E-state index in [9.17, 15) is 8.78 Å². The molecule has 1 N–H and O–H groups in total. The van der Waals surface area contributed by atoms with Crippen molar-refractivity contribution in [2.45, 2.75) is 19.4 Å². The number of rotatable bonds is 7. The topological polar surface area (TPSA) is 12.0 Å². The number of unbranched alkanes of at least 4 members (excludes halogenated alkanes) is 1. The molecule has 1 aromatic carbocycles. The lowest BCUT2D eigenvalue weighted by molar-refractivity contribution is 0.506. The van der Waals surface area contributed by atoms with Crippen LogP contribution in [0.1, 0.15) is 18.4 Å². The minimum atomic E-state index is -0.788. The third kappa shape index (κ3) is 4.94. The average Bonchev–Trinajstić information content (AvgIpc) is 2.28. The number of nitrogens with one attached hydrogen (secondary N) is 1. The summed E-state index contributed by atoms with van der Waals surface area (Å²) in [5.74, 6) is -0.391. The van der Waals surface area contributed by atoms with Crippen LogP contribution < -0.4 is 5.32 Å². The number of benzene rings is 1. The van der Waals surface area contributed by atoms with Gasteiger partial charge in [-0.25, -0.2) is 8.78 Å². The Kier molecular flexibility index (Phi) is 6.42. The van der Waals surface area contributed by atoms with Gasteiger partial charge in [0.1, 0.15) is 0 Å². The molecular weight excluding hydrogens is 228 g/mol. The highest BCUT2D eigenvalue weighted by molar-refractivity contribution is 7.98. The Morgan fingerprint density at radius 2 is 2.00 bits per heavy atom. The molecule has 0 unspecified atom stereocenters. The van der Waals surface area contributed by atoms with Crippen molar-refractivity contribution in [1.82, 2.24) is 5.32 Å². The molecule has 0 aliphatic heterocycles. The van der Waals surface area contributed by atoms with Crippen LogP contribution in [0.3, 0.4) is 0 Å². The van der Waals surface area contributed by atoms with Crippen molar-refractivity contribution in [2.24, 2.45) is 0 Å². The Morgan fingerprint density at radius 1 is 1.19 bits per heavy atom. The van der Waals surface area contributed by atoms with Crippen molar-refractivity contribution in [3.63, 3.8) is 0 Å². The van der Waals surface area contributed by atoms with Crippen LogP contribution in [0.15, 0.2) is 18.2 Å². The molecule has 90 valence electrons. The zero-order valence-electron chi connectivity index (χ0n) is 9.43. The third-order valence-electron chi connectivity index (χ3n) is 2.27. The summed E-state index contributed by atoms with van der Waals surface area (Å²) in [4.78, 5) is 0. The summed E-state index contributed by atoms with van der Waals surface area (Å²) in [5, 5.41) is 3.21. The fourth-order valence-corrected chi connectivity index (χ4v) is 1.87. The second-order valence-electron chi connectivity index (χ2n) is 3.63. The fraction of sp³-hybridized carbons (Fsp3) is 0.500. The molecule has 0 saturated heterocycles. The largest absolute Gasteiger partial charge is 0.313 e. The first kappa shape index (κ1) is 13.5. The van der Waals surface area contributed by atoms with Crippen molar-refractivity contribution < 1.29 is 8.78 Å². The molecule has 0 aromatic heterocycles. The predicted octanol–water partition coefficient (Wildman–Crippen LogP) is 3.20. The normalized spacial score (nSPS) is 10.7. The predicted molar refractivity (Wildman–Crippen MR) is 65.7 cm³/mol. The molecule has 0 heterocycles. The van der Waals surface area contributed by atoms with Gasteiger partial charge in [-0.05, 0) is 49.1 Å². The zero-order valence-corrected chi connectivity index (χ0v) is 10.2. The van der Waals surface area contributed by atoms with Crippen LogP contribution in [0.5, 0.6) is 0 Å². The summed E-state index contributed by atoms with van der Waals surface area (Å²) < 4.78 is 25.5. The second-order valence-corrected chi connectivity index (χ2v) is 4.61. The summed E-state index contributed by atoms with van der Waals surface area (Å²) in [7, 11) is 0. The van der Waals surface area contributed by atoms with Crippen LogP contribution in [-0.2, 0) is 6.54 Å². The van der Waals surface area contributed by atoms with Gasteiger partial charge in [0.15, 0.2) is 11.6 Å². The molecule has 1 aromatic rings. The summed E-state index contributed by atoms with van der Waals surface area (Å²) >= 11 is 1.84. The Hall–Kier alpha value is -0.610. The molecule has 0 amide bonds. The van der Waals surface area contributed by atoms with Crippen LogP contribution in [0.4, 0.5) is 8.78 Å². The van der Waals surface area contributed by atoms with E-state index in [1.54, 1.807) is 6.07 Å². The first-order valence-corrected chi connectivity index (χ1v) is 6.77. The minimum absolute atomic E-state index is 0.594. The van der Waals surface area contributed by atoms with Crippen molar-refractivity contribution in [1.29, 1.82) is 0 Å². The molecule has 0 aliphatic carbocycles. The third-order valence-corrected chi connectivity index (χ3v) is 2.96. The van der Waals surface area contributed by atoms with Gasteiger partial charge < -0.3 is 5.32 Å². The van der Waals surface area contributed by atoms with Crippen molar-refractivity contribution >= 4 is 11.8 Å². The number of thioether (sulfide) groups is 1. The van der Waals surface area contributed by atoms with Crippen LogP contribution >= 0.6 is 11.8 Å². The highest BCUT2D eigenvalue weighted by Crippen LogP contribution is 2.08. The lowest BCUT2D eigenvalue weighted by Gasteiger charge is -2.05. The molecule has 16 heavy (non-hydrogen) atoms. The molecular formula is C12H17F2NS. The average molecular weight is 245 g/mol. The maximum atomic E-state index is 12.8. The van der Waals surface area contributed by atoms with Gasteiger partial charge in [0, 0.05) is 6.54 Å². The standard InChI is InChI=1S/C12H17F2NS/c1-16-7-3-2-6-15-9-10-4-5-11(13)12(14)8-10/h4-5,8,15H,2-3,6-7,9H2,1H3. The second kappa shape index (κ2) is 7.63. The number of hydrogen-bond donors (Lipinski definition) is 1. The molecule has 1 rings (SSSR count). The summed E-state index contributed by atoms with van der Waals surface area (Å²) in [6.07, 6.45) is 4.39. The van der Waals surface area contributed by atoms with E-state index in [1.165, 1.54) is 24.3 Å². The van der Waals surface area contributed by atoms with Crippen molar-refractivity contribution in [2.75, 3.05) is 18.6 Å². The van der Waals surface area contributed by atoms with Gasteiger partial charge in [0.05, 0.1) is 0 Å². The van der Waals surface area contributed by atoms with E-state index in [1.807, 2.05) is 11.8 Å². The Morgan fingerprint density at radius 3 is 2.69 bits per heavy atom. The Balaban J connectivity index is 2.19. The van der Waals surface area contributed by atoms with Crippen LogP contribution in [0.2, 0.25) is 0 Å². The van der Waals surface area contributed by atoms with Crippen molar-refractivity contribution in [3.8, 4) is 0 Å². The molecule has 0 bridgehead atoms. The van der Waals surface area contributed by atoms with Gasteiger partial charge in [-0.2, -0.15) is 11.8 Å². The first-order chi connectivity index (χ1) is 7.74. The van der Waals surface area contributed by atoms with E-state index in [0.29, 0.717) is 6.54 Å². The highest BCUT2D eigenvalue weighted by atomic mass is 32.2. The quantitative estimate of drug-likeness (QED) is 0.740. The maximum absolute atomic E-state index is 12.8. The van der Waals surface area contributed by atoms with Gasteiger partial charge in [-0.15, -0.1) is 0 Å². The lowest BCUT2D eigenvalue weighted by atomic mass is 10.2. The van der Waals surface area contributed by atoms with Crippen LogP contribution in [-0.4, -0.2) is 18.6 Å². The van der Waals surface area contributed by atoms with Crippen LogP contribution in [0, 0.1) is 11.6 Å². The van der Waals surface area contributed by atoms with Gasteiger partial charge in [-0.1, -0.05) is 6.07 Å². The first-order valence-electron chi connectivity index (χ1n) is 5.37. The molecule has 0 aliphatic rings. The highest BCUT2D eigenvalue weighted by Gasteiger charge is 2.01. The molecule has 0 spiro atoms. The van der Waals surface area contributed by atoms with E-state index in [-0.39, 0.29) is 0 Å². The van der Waals surface area contributed by atoms with Gasteiger partial charge >= 0.3 is 0 Å². The summed E-state index contributed by atoms with van der Waals surface area (Å²) in [5.41, 5.74) is 0.781. The lowest BCUT2D eigenvalue weighted by Crippen LogP contribution is -2.15. The number of halogens is 2. The summed E-state index contributed by atoms with van der Waals surface area (Å²) in [6.45, 7) is 1.51. The van der Waals surface area contributed by atoms with E-state index in [2.05, 4.69) is 11.6 Å². The smallest absolute Gasteiger partial charge is 0.159 e. The molecule has 0 atom stereocenters. The van der Waals surface area contributed by atoms with Gasteiger partial charge in [0.25, 0.3) is 0 Å². The zero-order chi connectivity index (χ0) is 11.8. The minimum Gasteiger partial charge on any atom is -0.313 e. The van der Waals surface area contributed by atoms with E-state index >= 15 is 0 Å². The SMILES string of the molecule is CSCCCCNCc1ccc(F)c(F)c1. The fourth-order valence-electron chi connectivity index (χ4n) is 1.38. The van der Waals surface area contributed by atoms with Crippen molar-refractivity contribution in [3.05, 3.63) is 35.4 Å². The monoisotopic (exact) mass is 245 g/mol. The molecule has 0 radical (unpaired) electrons. The van der Waals surface area contributed by atoms with E-state index in [0.717, 1.165) is 18.5 Å². The summed E-state index contributed by atoms with van der Waals surface area (Å²) in [6, 6.07) is 4.01. The molecule has 0 saturated carbocycles. The molecule has 1 nitrogen and oxygen atoms in total. The molecule has 0 fully saturated rings. The van der Waals surface area contributed by atoms with Gasteiger partial charge in [0.2, 0.25) is 0 Å². The molecule has 4 heteroatoms.